The van der Waals surface area contributed by atoms with Crippen LogP contribution >= 0.6 is 47.9 Å². The molecule has 1 aliphatic heterocycles. The van der Waals surface area contributed by atoms with Crippen molar-refractivity contribution in [2.45, 2.75) is 9.83 Å². The molecule has 0 aliphatic carbocycles. The molecule has 1 heterocycles. The Morgan fingerprint density at radius 3 is 3.00 bits per heavy atom. The number of thiol groups is 1. The highest BCUT2D eigenvalue weighted by atomic mass is 32.2. The minimum absolute atomic E-state index is 0.546. The van der Waals surface area contributed by atoms with Crippen LogP contribution in [0.25, 0.3) is 0 Å². The van der Waals surface area contributed by atoms with E-state index in [-0.39, 0.29) is 0 Å². The summed E-state index contributed by atoms with van der Waals surface area (Å²) in [5, 5.41) is 2.05. The van der Waals surface area contributed by atoms with E-state index in [2.05, 4.69) is 18.9 Å². The molecule has 2 atom stereocenters. The van der Waals surface area contributed by atoms with Crippen molar-refractivity contribution in [3.8, 4) is 0 Å². The van der Waals surface area contributed by atoms with Gasteiger partial charge in [0.25, 0.3) is 0 Å². The molecule has 0 aromatic carbocycles. The summed E-state index contributed by atoms with van der Waals surface area (Å²) in [6.07, 6.45) is 2.13. The molecule has 54 valence electrons. The van der Waals surface area contributed by atoms with Gasteiger partial charge in [-0.2, -0.15) is 24.4 Å². The van der Waals surface area contributed by atoms with Crippen molar-refractivity contribution >= 4 is 47.9 Å². The van der Waals surface area contributed by atoms with E-state index in [1.165, 1.54) is 10.8 Å². The van der Waals surface area contributed by atoms with Crippen LogP contribution in [0.2, 0.25) is 0 Å². The lowest BCUT2D eigenvalue weighted by atomic mass is 10.5. The van der Waals surface area contributed by atoms with Gasteiger partial charge in [0.1, 0.15) is 0 Å². The highest BCUT2D eigenvalue weighted by Gasteiger charge is 2.22. The van der Waals surface area contributed by atoms with Crippen LogP contribution in [-0.2, 0) is 0 Å². The van der Waals surface area contributed by atoms with Crippen molar-refractivity contribution in [3.05, 3.63) is 0 Å². The fourth-order valence-electron chi connectivity index (χ4n) is 0.664. The monoisotopic (exact) mass is 198 g/mol. The van der Waals surface area contributed by atoms with Gasteiger partial charge in [0.2, 0.25) is 0 Å². The molecule has 1 aliphatic rings. The van der Waals surface area contributed by atoms with Crippen LogP contribution in [0.15, 0.2) is 0 Å². The number of hydrogen-bond donors (Lipinski definition) is 1. The molecular formula is C5H10S4. The van der Waals surface area contributed by atoms with Gasteiger partial charge in [0.05, 0.1) is 4.58 Å². The summed E-state index contributed by atoms with van der Waals surface area (Å²) in [6, 6.07) is 0. The summed E-state index contributed by atoms with van der Waals surface area (Å²) in [6.45, 7) is 0. The first-order valence-corrected chi connectivity index (χ1v) is 6.75. The third-order valence-corrected chi connectivity index (χ3v) is 6.27. The Hall–Kier alpha value is 1.40. The van der Waals surface area contributed by atoms with E-state index < -0.39 is 0 Å². The fraction of sp³-hybridized carbons (Fsp3) is 1.00. The molecule has 0 saturated carbocycles. The van der Waals surface area contributed by atoms with E-state index in [0.29, 0.717) is 4.58 Å². The Labute approximate surface area is 74.7 Å². The molecule has 0 amide bonds. The molecule has 0 radical (unpaired) electrons. The maximum atomic E-state index is 4.45. The second-order valence-electron chi connectivity index (χ2n) is 1.82. The Morgan fingerprint density at radius 2 is 2.56 bits per heavy atom. The zero-order valence-electron chi connectivity index (χ0n) is 5.24. The lowest BCUT2D eigenvalue weighted by Crippen LogP contribution is -2.12. The Bertz CT molecular complexity index is 79.0. The summed E-state index contributed by atoms with van der Waals surface area (Å²) >= 11 is 10.4. The van der Waals surface area contributed by atoms with E-state index in [1.54, 1.807) is 0 Å². The van der Waals surface area contributed by atoms with Gasteiger partial charge in [0.15, 0.2) is 0 Å². The van der Waals surface area contributed by atoms with Gasteiger partial charge in [-0.05, 0) is 6.26 Å². The topological polar surface area (TPSA) is 0 Å². The highest BCUT2D eigenvalue weighted by Crippen LogP contribution is 2.36. The predicted octanol–water partition coefficient (Wildman–Crippen LogP) is 2.41. The average Bonchev–Trinajstić information content (AvgIpc) is 2.37. The smallest absolute Gasteiger partial charge is 0.0596 e. The molecule has 0 nitrogen and oxygen atoms in total. The summed E-state index contributed by atoms with van der Waals surface area (Å²) in [5.74, 6) is 1.29. The number of thioether (sulfide) groups is 3. The summed E-state index contributed by atoms with van der Waals surface area (Å²) in [5.41, 5.74) is 0. The Balaban J connectivity index is 2.24. The standard InChI is InChI=1S/C5H10S4/c1-7-5(6)4-2-8-3-9-4/h4-6H,2-3H2,1H3. The van der Waals surface area contributed by atoms with Crippen molar-refractivity contribution in [2.75, 3.05) is 17.1 Å². The molecular weight excluding hydrogens is 188 g/mol. The second kappa shape index (κ2) is 4.31. The molecule has 0 aromatic heterocycles. The van der Waals surface area contributed by atoms with Crippen LogP contribution in [0.5, 0.6) is 0 Å². The van der Waals surface area contributed by atoms with Gasteiger partial charge in [-0.25, -0.2) is 0 Å². The summed E-state index contributed by atoms with van der Waals surface area (Å²) in [4.78, 5) is 0. The fourth-order valence-corrected chi connectivity index (χ4v) is 4.99. The molecule has 1 fully saturated rings. The minimum Gasteiger partial charge on any atom is -0.164 e. The lowest BCUT2D eigenvalue weighted by Gasteiger charge is -2.12. The second-order valence-corrected chi connectivity index (χ2v) is 6.33. The first kappa shape index (κ1) is 8.50. The molecule has 0 aromatic rings. The van der Waals surface area contributed by atoms with Gasteiger partial charge in [-0.3, -0.25) is 0 Å². The Kier molecular flexibility index (Phi) is 4.07. The van der Waals surface area contributed by atoms with E-state index in [9.17, 15) is 0 Å². The first-order chi connectivity index (χ1) is 4.34. The van der Waals surface area contributed by atoms with Gasteiger partial charge in [-0.1, -0.05) is 0 Å². The van der Waals surface area contributed by atoms with Crippen LogP contribution in [0.1, 0.15) is 0 Å². The molecule has 4 heteroatoms. The molecule has 1 rings (SSSR count). The summed E-state index contributed by atoms with van der Waals surface area (Å²) < 4.78 is 0.546. The minimum atomic E-state index is 0.546. The predicted molar refractivity (Wildman–Crippen MR) is 55.0 cm³/mol. The van der Waals surface area contributed by atoms with Crippen LogP contribution < -0.4 is 0 Å². The third-order valence-electron chi connectivity index (χ3n) is 1.21. The van der Waals surface area contributed by atoms with Crippen molar-refractivity contribution in [3.63, 3.8) is 0 Å². The SMILES string of the molecule is CSC(S)C1CSCS1. The molecule has 0 spiro atoms. The normalized spacial score (nSPS) is 30.7. The zero-order chi connectivity index (χ0) is 6.69. The van der Waals surface area contributed by atoms with E-state index in [4.69, 9.17) is 0 Å². The van der Waals surface area contributed by atoms with E-state index in [1.807, 2.05) is 35.3 Å². The molecule has 2 unspecified atom stereocenters. The maximum Gasteiger partial charge on any atom is 0.0596 e. The summed E-state index contributed by atoms with van der Waals surface area (Å²) in [7, 11) is 0. The molecule has 0 bridgehead atoms. The third kappa shape index (κ3) is 2.48. The van der Waals surface area contributed by atoms with Crippen LogP contribution in [-0.4, -0.2) is 26.9 Å². The Morgan fingerprint density at radius 1 is 1.78 bits per heavy atom. The highest BCUT2D eigenvalue weighted by molar-refractivity contribution is 8.21. The largest absolute Gasteiger partial charge is 0.164 e. The maximum absolute atomic E-state index is 4.45. The van der Waals surface area contributed by atoms with Gasteiger partial charge in [-0.15, -0.1) is 23.5 Å². The van der Waals surface area contributed by atoms with Crippen LogP contribution in [0.4, 0.5) is 0 Å². The van der Waals surface area contributed by atoms with Gasteiger partial charge >= 0.3 is 0 Å². The lowest BCUT2D eigenvalue weighted by molar-refractivity contribution is 1.12. The quantitative estimate of drug-likeness (QED) is 0.535. The van der Waals surface area contributed by atoms with Crippen molar-refractivity contribution < 1.29 is 0 Å². The van der Waals surface area contributed by atoms with Crippen molar-refractivity contribution in [2.24, 2.45) is 0 Å². The van der Waals surface area contributed by atoms with Crippen molar-refractivity contribution in [1.82, 2.24) is 0 Å². The number of rotatable bonds is 2. The molecule has 9 heavy (non-hydrogen) atoms. The van der Waals surface area contributed by atoms with E-state index in [0.717, 1.165) is 5.25 Å². The average molecular weight is 198 g/mol. The van der Waals surface area contributed by atoms with Gasteiger partial charge < -0.3 is 0 Å². The van der Waals surface area contributed by atoms with E-state index >= 15 is 0 Å². The van der Waals surface area contributed by atoms with Crippen LogP contribution in [0.3, 0.4) is 0 Å². The van der Waals surface area contributed by atoms with Crippen molar-refractivity contribution in [1.29, 1.82) is 0 Å². The molecule has 1 saturated heterocycles. The molecule has 0 N–H and O–H groups in total. The first-order valence-electron chi connectivity index (χ1n) is 2.75. The van der Waals surface area contributed by atoms with Gasteiger partial charge in [0, 0.05) is 16.1 Å². The number of hydrogen-bond acceptors (Lipinski definition) is 4. The zero-order valence-corrected chi connectivity index (χ0v) is 8.58. The van der Waals surface area contributed by atoms with Crippen LogP contribution in [0, 0.1) is 0 Å².